The summed E-state index contributed by atoms with van der Waals surface area (Å²) < 4.78 is 5.07. The summed E-state index contributed by atoms with van der Waals surface area (Å²) in [5.41, 5.74) is 1.09. The summed E-state index contributed by atoms with van der Waals surface area (Å²) in [5.74, 6) is 0.654. The second kappa shape index (κ2) is 8.81. The smallest absolute Gasteiger partial charge is 0.160 e. The SMILES string of the molecule is CCCCCCC(O)CCc1ccc(O)c(OC)c1. The van der Waals surface area contributed by atoms with E-state index in [0.29, 0.717) is 5.75 Å². The highest BCUT2D eigenvalue weighted by Crippen LogP contribution is 2.27. The molecule has 0 aliphatic heterocycles. The average Bonchev–Trinajstić information content (AvgIpc) is 2.42. The van der Waals surface area contributed by atoms with Crippen LogP contribution >= 0.6 is 0 Å². The number of aliphatic hydroxyl groups excluding tert-OH is 1. The van der Waals surface area contributed by atoms with Gasteiger partial charge in [-0.3, -0.25) is 0 Å². The first-order valence-electron chi connectivity index (χ1n) is 7.21. The van der Waals surface area contributed by atoms with Crippen molar-refractivity contribution in [2.24, 2.45) is 0 Å². The minimum Gasteiger partial charge on any atom is -0.504 e. The summed E-state index contributed by atoms with van der Waals surface area (Å²) in [6, 6.07) is 5.35. The summed E-state index contributed by atoms with van der Waals surface area (Å²) in [6.45, 7) is 2.19. The van der Waals surface area contributed by atoms with Crippen LogP contribution in [0.3, 0.4) is 0 Å². The van der Waals surface area contributed by atoms with Crippen LogP contribution in [0.2, 0.25) is 0 Å². The molecule has 0 radical (unpaired) electrons. The molecular weight excluding hydrogens is 240 g/mol. The Morgan fingerprint density at radius 3 is 2.63 bits per heavy atom. The van der Waals surface area contributed by atoms with Crippen LogP contribution in [-0.4, -0.2) is 23.4 Å². The van der Waals surface area contributed by atoms with E-state index in [1.54, 1.807) is 13.2 Å². The Balaban J connectivity index is 2.31. The van der Waals surface area contributed by atoms with Gasteiger partial charge in [0, 0.05) is 0 Å². The molecule has 0 saturated carbocycles. The van der Waals surface area contributed by atoms with Crippen molar-refractivity contribution >= 4 is 0 Å². The predicted molar refractivity (Wildman–Crippen MR) is 77.7 cm³/mol. The van der Waals surface area contributed by atoms with Crippen LogP contribution in [0.15, 0.2) is 18.2 Å². The number of phenols is 1. The van der Waals surface area contributed by atoms with E-state index in [2.05, 4.69) is 6.92 Å². The van der Waals surface area contributed by atoms with Gasteiger partial charge in [-0.05, 0) is 37.0 Å². The molecule has 19 heavy (non-hydrogen) atoms. The summed E-state index contributed by atoms with van der Waals surface area (Å²) in [6.07, 6.45) is 7.03. The molecule has 1 atom stereocenters. The average molecular weight is 266 g/mol. The number of aryl methyl sites for hydroxylation is 1. The second-order valence-electron chi connectivity index (χ2n) is 5.05. The Labute approximate surface area is 116 Å². The lowest BCUT2D eigenvalue weighted by atomic mass is 10.0. The van der Waals surface area contributed by atoms with Gasteiger partial charge in [0.15, 0.2) is 11.5 Å². The van der Waals surface area contributed by atoms with Crippen molar-refractivity contribution < 1.29 is 14.9 Å². The summed E-state index contributed by atoms with van der Waals surface area (Å²) in [4.78, 5) is 0. The number of ether oxygens (including phenoxy) is 1. The maximum atomic E-state index is 9.91. The Morgan fingerprint density at radius 1 is 1.16 bits per heavy atom. The normalized spacial score (nSPS) is 12.4. The van der Waals surface area contributed by atoms with Gasteiger partial charge in [0.2, 0.25) is 0 Å². The number of methoxy groups -OCH3 is 1. The summed E-state index contributed by atoms with van der Waals surface area (Å²) in [7, 11) is 1.54. The molecule has 2 N–H and O–H groups in total. The van der Waals surface area contributed by atoms with E-state index in [-0.39, 0.29) is 11.9 Å². The molecule has 0 heterocycles. The Bertz CT molecular complexity index is 363. The van der Waals surface area contributed by atoms with E-state index >= 15 is 0 Å². The first kappa shape index (κ1) is 15.8. The lowest BCUT2D eigenvalue weighted by Crippen LogP contribution is -2.07. The standard InChI is InChI=1S/C16H26O3/c1-3-4-5-6-7-14(17)10-8-13-9-11-15(18)16(12-13)19-2/h9,11-12,14,17-18H,3-8,10H2,1-2H3. The fourth-order valence-corrected chi connectivity index (χ4v) is 2.16. The highest BCUT2D eigenvalue weighted by Gasteiger charge is 2.07. The van der Waals surface area contributed by atoms with Gasteiger partial charge in [-0.2, -0.15) is 0 Å². The van der Waals surface area contributed by atoms with Gasteiger partial charge >= 0.3 is 0 Å². The number of phenolic OH excluding ortho intramolecular Hbond substituents is 1. The molecule has 1 aromatic carbocycles. The minimum absolute atomic E-state index is 0.159. The van der Waals surface area contributed by atoms with Crippen LogP contribution < -0.4 is 4.74 Å². The molecule has 0 spiro atoms. The van der Waals surface area contributed by atoms with Crippen molar-refractivity contribution in [3.8, 4) is 11.5 Å². The topological polar surface area (TPSA) is 49.7 Å². The zero-order valence-corrected chi connectivity index (χ0v) is 12.1. The zero-order chi connectivity index (χ0) is 14.1. The van der Waals surface area contributed by atoms with Crippen molar-refractivity contribution in [3.05, 3.63) is 23.8 Å². The highest BCUT2D eigenvalue weighted by atomic mass is 16.5. The van der Waals surface area contributed by atoms with Crippen molar-refractivity contribution in [1.29, 1.82) is 0 Å². The van der Waals surface area contributed by atoms with E-state index in [9.17, 15) is 10.2 Å². The van der Waals surface area contributed by atoms with Crippen LogP contribution in [-0.2, 0) is 6.42 Å². The molecule has 3 nitrogen and oxygen atoms in total. The number of rotatable bonds is 9. The number of aromatic hydroxyl groups is 1. The summed E-state index contributed by atoms with van der Waals surface area (Å²) >= 11 is 0. The third-order valence-corrected chi connectivity index (χ3v) is 3.40. The molecule has 1 rings (SSSR count). The number of aliphatic hydroxyl groups is 1. The molecule has 108 valence electrons. The molecule has 1 aromatic rings. The Kier molecular flexibility index (Phi) is 7.34. The number of unbranched alkanes of at least 4 members (excludes halogenated alkanes) is 3. The van der Waals surface area contributed by atoms with Gasteiger partial charge in [-0.25, -0.2) is 0 Å². The van der Waals surface area contributed by atoms with E-state index in [0.717, 1.165) is 31.2 Å². The lowest BCUT2D eigenvalue weighted by Gasteiger charge is -2.11. The molecule has 0 aromatic heterocycles. The molecule has 0 fully saturated rings. The molecule has 0 amide bonds. The fraction of sp³-hybridized carbons (Fsp3) is 0.625. The monoisotopic (exact) mass is 266 g/mol. The third kappa shape index (κ3) is 5.97. The zero-order valence-electron chi connectivity index (χ0n) is 12.1. The number of benzene rings is 1. The van der Waals surface area contributed by atoms with E-state index in [4.69, 9.17) is 4.74 Å². The molecule has 0 aliphatic carbocycles. The van der Waals surface area contributed by atoms with Gasteiger partial charge < -0.3 is 14.9 Å². The first-order chi connectivity index (χ1) is 9.17. The van der Waals surface area contributed by atoms with E-state index in [1.807, 2.05) is 12.1 Å². The maximum Gasteiger partial charge on any atom is 0.160 e. The Morgan fingerprint density at radius 2 is 1.95 bits per heavy atom. The van der Waals surface area contributed by atoms with Crippen LogP contribution in [0, 0.1) is 0 Å². The van der Waals surface area contributed by atoms with Crippen molar-refractivity contribution in [1.82, 2.24) is 0 Å². The first-order valence-corrected chi connectivity index (χ1v) is 7.21. The van der Waals surface area contributed by atoms with Crippen LogP contribution in [0.5, 0.6) is 11.5 Å². The molecule has 0 saturated heterocycles. The molecule has 0 bridgehead atoms. The largest absolute Gasteiger partial charge is 0.504 e. The van der Waals surface area contributed by atoms with Gasteiger partial charge in [0.25, 0.3) is 0 Å². The fourth-order valence-electron chi connectivity index (χ4n) is 2.16. The minimum atomic E-state index is -0.225. The van der Waals surface area contributed by atoms with Gasteiger partial charge in [0.05, 0.1) is 13.2 Å². The van der Waals surface area contributed by atoms with Crippen LogP contribution in [0.1, 0.15) is 51.0 Å². The maximum absolute atomic E-state index is 9.91. The molecule has 3 heteroatoms. The number of hydrogen-bond acceptors (Lipinski definition) is 3. The molecule has 0 aliphatic rings. The highest BCUT2D eigenvalue weighted by molar-refractivity contribution is 5.41. The van der Waals surface area contributed by atoms with Gasteiger partial charge in [-0.15, -0.1) is 0 Å². The van der Waals surface area contributed by atoms with E-state index in [1.165, 1.54) is 19.3 Å². The van der Waals surface area contributed by atoms with Crippen molar-refractivity contribution in [2.45, 2.75) is 58.0 Å². The lowest BCUT2D eigenvalue weighted by molar-refractivity contribution is 0.151. The van der Waals surface area contributed by atoms with Crippen LogP contribution in [0.4, 0.5) is 0 Å². The van der Waals surface area contributed by atoms with E-state index < -0.39 is 0 Å². The van der Waals surface area contributed by atoms with Crippen molar-refractivity contribution in [3.63, 3.8) is 0 Å². The summed E-state index contributed by atoms with van der Waals surface area (Å²) in [5, 5.41) is 19.4. The van der Waals surface area contributed by atoms with Crippen LogP contribution in [0.25, 0.3) is 0 Å². The molecular formula is C16H26O3. The van der Waals surface area contributed by atoms with Gasteiger partial charge in [-0.1, -0.05) is 38.7 Å². The van der Waals surface area contributed by atoms with Crippen molar-refractivity contribution in [2.75, 3.05) is 7.11 Å². The quantitative estimate of drug-likeness (QED) is 0.671. The Hall–Kier alpha value is -1.22. The predicted octanol–water partition coefficient (Wildman–Crippen LogP) is 3.66. The third-order valence-electron chi connectivity index (χ3n) is 3.40. The molecule has 1 unspecified atom stereocenters. The van der Waals surface area contributed by atoms with Gasteiger partial charge in [0.1, 0.15) is 0 Å². The number of hydrogen-bond donors (Lipinski definition) is 2. The second-order valence-corrected chi connectivity index (χ2v) is 5.05.